The Balaban J connectivity index is 1.54. The van der Waals surface area contributed by atoms with Crippen molar-refractivity contribution in [3.8, 4) is 28.7 Å². The maximum Gasteiger partial charge on any atom is 0.322 e. The van der Waals surface area contributed by atoms with Crippen LogP contribution < -0.4 is 14.8 Å². The average Bonchev–Trinajstić information content (AvgIpc) is 3.23. The van der Waals surface area contributed by atoms with E-state index in [-0.39, 0.29) is 11.9 Å². The van der Waals surface area contributed by atoms with Crippen LogP contribution >= 0.6 is 0 Å². The van der Waals surface area contributed by atoms with Gasteiger partial charge in [0.25, 0.3) is 11.8 Å². The Morgan fingerprint density at radius 1 is 0.862 bits per heavy atom. The Kier molecular flexibility index (Phi) is 5.20. The van der Waals surface area contributed by atoms with E-state index in [1.807, 2.05) is 42.5 Å². The van der Waals surface area contributed by atoms with Crippen molar-refractivity contribution in [3.63, 3.8) is 0 Å². The van der Waals surface area contributed by atoms with E-state index in [1.165, 1.54) is 0 Å². The molecule has 1 amide bonds. The molecule has 0 fully saturated rings. The Morgan fingerprint density at radius 2 is 1.55 bits per heavy atom. The molecule has 144 valence electrons. The highest BCUT2D eigenvalue weighted by atomic mass is 16.5. The normalized spacial score (nSPS) is 10.4. The second-order valence-corrected chi connectivity index (χ2v) is 5.98. The van der Waals surface area contributed by atoms with Crippen LogP contribution in [0.3, 0.4) is 0 Å². The van der Waals surface area contributed by atoms with E-state index >= 15 is 0 Å². The van der Waals surface area contributed by atoms with Crippen molar-refractivity contribution < 1.29 is 18.7 Å². The number of hydrogen-bond donors (Lipinski definition) is 1. The largest absolute Gasteiger partial charge is 0.496 e. The minimum Gasteiger partial charge on any atom is -0.496 e. The molecule has 7 heteroatoms. The lowest BCUT2D eigenvalue weighted by Crippen LogP contribution is -2.13. The monoisotopic (exact) mass is 387 g/mol. The number of carbonyl (C=O) groups is 1. The highest BCUT2D eigenvalue weighted by Gasteiger charge is 2.18. The molecule has 29 heavy (non-hydrogen) atoms. The van der Waals surface area contributed by atoms with Crippen LogP contribution in [-0.2, 0) is 0 Å². The van der Waals surface area contributed by atoms with E-state index in [2.05, 4.69) is 15.5 Å². The van der Waals surface area contributed by atoms with Crippen LogP contribution in [0.4, 0.5) is 6.01 Å². The summed E-state index contributed by atoms with van der Waals surface area (Å²) in [5, 5.41) is 10.5. The molecule has 0 unspecified atom stereocenters. The number of rotatable bonds is 6. The summed E-state index contributed by atoms with van der Waals surface area (Å²) >= 11 is 0. The molecular formula is C22H17N3O4. The number of para-hydroxylation sites is 3. The smallest absolute Gasteiger partial charge is 0.322 e. The zero-order chi connectivity index (χ0) is 20.1. The van der Waals surface area contributed by atoms with E-state index in [0.29, 0.717) is 28.4 Å². The van der Waals surface area contributed by atoms with Crippen LogP contribution in [0, 0.1) is 0 Å². The van der Waals surface area contributed by atoms with Gasteiger partial charge >= 0.3 is 6.01 Å². The van der Waals surface area contributed by atoms with Crippen LogP contribution in [0.1, 0.15) is 10.4 Å². The van der Waals surface area contributed by atoms with Gasteiger partial charge in [0.15, 0.2) is 0 Å². The van der Waals surface area contributed by atoms with Gasteiger partial charge in [0.2, 0.25) is 0 Å². The average molecular weight is 387 g/mol. The fourth-order valence-electron chi connectivity index (χ4n) is 2.73. The first-order valence-electron chi connectivity index (χ1n) is 8.85. The van der Waals surface area contributed by atoms with Crippen molar-refractivity contribution >= 4 is 11.9 Å². The SMILES string of the molecule is COc1ccccc1-c1nnc(NC(=O)c2ccccc2Oc2ccccc2)o1. The van der Waals surface area contributed by atoms with Gasteiger partial charge in [0, 0.05) is 0 Å². The van der Waals surface area contributed by atoms with Crippen LogP contribution in [0.5, 0.6) is 17.2 Å². The van der Waals surface area contributed by atoms with Crippen molar-refractivity contribution in [2.45, 2.75) is 0 Å². The highest BCUT2D eigenvalue weighted by molar-refractivity contribution is 6.05. The predicted molar refractivity (Wildman–Crippen MR) is 107 cm³/mol. The van der Waals surface area contributed by atoms with Gasteiger partial charge in [-0.25, -0.2) is 0 Å². The summed E-state index contributed by atoms with van der Waals surface area (Å²) < 4.78 is 16.7. The molecule has 0 spiro atoms. The molecule has 0 aliphatic rings. The Hall–Kier alpha value is -4.13. The van der Waals surface area contributed by atoms with Gasteiger partial charge < -0.3 is 13.9 Å². The quantitative estimate of drug-likeness (QED) is 0.512. The number of ether oxygens (including phenoxy) is 2. The molecule has 7 nitrogen and oxygen atoms in total. The summed E-state index contributed by atoms with van der Waals surface area (Å²) in [6.07, 6.45) is 0. The fraction of sp³-hybridized carbons (Fsp3) is 0.0455. The number of carbonyl (C=O) groups excluding carboxylic acids is 1. The maximum atomic E-state index is 12.8. The molecular weight excluding hydrogens is 370 g/mol. The van der Waals surface area contributed by atoms with Crippen LogP contribution in [0.25, 0.3) is 11.5 Å². The second-order valence-electron chi connectivity index (χ2n) is 5.98. The van der Waals surface area contributed by atoms with Crippen molar-refractivity contribution in [1.82, 2.24) is 10.2 Å². The molecule has 3 aromatic carbocycles. The van der Waals surface area contributed by atoms with E-state index in [4.69, 9.17) is 13.9 Å². The Bertz CT molecular complexity index is 1130. The predicted octanol–water partition coefficient (Wildman–Crippen LogP) is 4.79. The third-order valence-electron chi connectivity index (χ3n) is 4.09. The van der Waals surface area contributed by atoms with E-state index in [1.54, 1.807) is 43.5 Å². The van der Waals surface area contributed by atoms with Crippen LogP contribution in [0.2, 0.25) is 0 Å². The van der Waals surface area contributed by atoms with E-state index < -0.39 is 5.91 Å². The molecule has 0 saturated heterocycles. The lowest BCUT2D eigenvalue weighted by Gasteiger charge is -2.10. The highest BCUT2D eigenvalue weighted by Crippen LogP contribution is 2.30. The minimum atomic E-state index is -0.424. The molecule has 1 N–H and O–H groups in total. The molecule has 0 radical (unpaired) electrons. The van der Waals surface area contributed by atoms with Gasteiger partial charge in [-0.1, -0.05) is 47.6 Å². The molecule has 1 aromatic heterocycles. The standard InChI is InChI=1S/C22H17N3O4/c1-27-18-13-7-6-12-17(18)21-24-25-22(29-21)23-20(26)16-11-5-8-14-19(16)28-15-9-3-2-4-10-15/h2-14H,1H3,(H,23,25,26). The van der Waals surface area contributed by atoms with Gasteiger partial charge in [-0.05, 0) is 36.4 Å². The topological polar surface area (TPSA) is 86.5 Å². The van der Waals surface area contributed by atoms with Gasteiger partial charge in [-0.3, -0.25) is 10.1 Å². The lowest BCUT2D eigenvalue weighted by atomic mass is 10.2. The molecule has 4 rings (SSSR count). The first-order valence-corrected chi connectivity index (χ1v) is 8.85. The summed E-state index contributed by atoms with van der Waals surface area (Å²) in [5.41, 5.74) is 0.976. The van der Waals surface area contributed by atoms with Crippen molar-refractivity contribution in [2.75, 3.05) is 12.4 Å². The molecule has 1 heterocycles. The number of anilines is 1. The first-order chi connectivity index (χ1) is 14.2. The third-order valence-corrected chi connectivity index (χ3v) is 4.09. The second kappa shape index (κ2) is 8.26. The minimum absolute atomic E-state index is 0.0228. The third kappa shape index (κ3) is 4.08. The number of hydrogen-bond acceptors (Lipinski definition) is 6. The maximum absolute atomic E-state index is 12.8. The molecule has 0 atom stereocenters. The first kappa shape index (κ1) is 18.2. The van der Waals surface area contributed by atoms with Gasteiger partial charge in [-0.15, -0.1) is 5.10 Å². The van der Waals surface area contributed by atoms with Crippen molar-refractivity contribution in [1.29, 1.82) is 0 Å². The van der Waals surface area contributed by atoms with E-state index in [9.17, 15) is 4.79 Å². The number of benzene rings is 3. The summed E-state index contributed by atoms with van der Waals surface area (Å²) in [4.78, 5) is 12.8. The number of aromatic nitrogens is 2. The number of methoxy groups -OCH3 is 1. The Labute approximate surface area is 166 Å². The number of nitrogens with zero attached hydrogens (tertiary/aromatic N) is 2. The van der Waals surface area contributed by atoms with Crippen molar-refractivity contribution in [3.05, 3.63) is 84.4 Å². The molecule has 0 aliphatic heterocycles. The number of amides is 1. The zero-order valence-corrected chi connectivity index (χ0v) is 15.5. The summed E-state index contributed by atoms with van der Waals surface area (Å²) in [6.45, 7) is 0. The van der Waals surface area contributed by atoms with Crippen molar-refractivity contribution in [2.24, 2.45) is 0 Å². The van der Waals surface area contributed by atoms with Crippen LogP contribution in [0.15, 0.2) is 83.3 Å². The molecule has 0 saturated carbocycles. The number of nitrogens with one attached hydrogen (secondary N) is 1. The zero-order valence-electron chi connectivity index (χ0n) is 15.5. The van der Waals surface area contributed by atoms with Crippen LogP contribution in [-0.4, -0.2) is 23.2 Å². The summed E-state index contributed by atoms with van der Waals surface area (Å²) in [6, 6.07) is 23.4. The van der Waals surface area contributed by atoms with E-state index in [0.717, 1.165) is 0 Å². The summed E-state index contributed by atoms with van der Waals surface area (Å²) in [7, 11) is 1.56. The van der Waals surface area contributed by atoms with Gasteiger partial charge in [-0.2, -0.15) is 0 Å². The van der Waals surface area contributed by atoms with Gasteiger partial charge in [0.1, 0.15) is 17.2 Å². The molecule has 0 bridgehead atoms. The fourth-order valence-corrected chi connectivity index (χ4v) is 2.73. The summed E-state index contributed by atoms with van der Waals surface area (Å²) in [5.74, 6) is 1.46. The molecule has 4 aromatic rings. The molecule has 0 aliphatic carbocycles. The lowest BCUT2D eigenvalue weighted by molar-refractivity contribution is 0.102. The Morgan fingerprint density at radius 3 is 2.34 bits per heavy atom. The van der Waals surface area contributed by atoms with Gasteiger partial charge in [0.05, 0.1) is 18.2 Å².